The number of anilines is 1. The van der Waals surface area contributed by atoms with Gasteiger partial charge in [0.05, 0.1) is 5.56 Å². The van der Waals surface area contributed by atoms with Gasteiger partial charge in [-0.3, -0.25) is 4.79 Å². The average molecular weight is 331 g/mol. The van der Waals surface area contributed by atoms with Gasteiger partial charge in [0.2, 0.25) is 5.60 Å². The van der Waals surface area contributed by atoms with Gasteiger partial charge in [0.15, 0.2) is 0 Å². The van der Waals surface area contributed by atoms with Crippen molar-refractivity contribution in [2.24, 2.45) is 0 Å². The van der Waals surface area contributed by atoms with Gasteiger partial charge in [0.1, 0.15) is 0 Å². The number of amides is 1. The van der Waals surface area contributed by atoms with E-state index in [0.29, 0.717) is 0 Å². The average Bonchev–Trinajstić information content (AvgIpc) is 2.44. The smallest absolute Gasteiger partial charge is 0.416 e. The lowest BCUT2D eigenvalue weighted by atomic mass is 10.00. The van der Waals surface area contributed by atoms with Gasteiger partial charge in [-0.15, -0.1) is 0 Å². The highest BCUT2D eigenvalue weighted by Gasteiger charge is 2.42. The minimum atomic E-state index is -4.57. The summed E-state index contributed by atoms with van der Waals surface area (Å²) < 4.78 is 43.5. The number of rotatable bonds is 5. The molecule has 0 aliphatic heterocycles. The number of nitrogens with one attached hydrogen (secondary N) is 1. The third kappa shape index (κ3) is 3.89. The molecule has 0 spiro atoms. The van der Waals surface area contributed by atoms with Crippen LogP contribution >= 0.6 is 0 Å². The van der Waals surface area contributed by atoms with Crippen LogP contribution in [0.3, 0.4) is 0 Å². The molecule has 5 nitrogen and oxygen atoms in total. The maximum atomic E-state index is 12.9. The minimum absolute atomic E-state index is 0.00512. The maximum Gasteiger partial charge on any atom is 0.416 e. The van der Waals surface area contributed by atoms with E-state index in [1.54, 1.807) is 0 Å². The third-order valence-corrected chi connectivity index (χ3v) is 3.29. The number of allylic oxidation sites excluding steroid dienone is 1. The van der Waals surface area contributed by atoms with E-state index in [4.69, 9.17) is 5.11 Å². The third-order valence-electron chi connectivity index (χ3n) is 3.29. The first kappa shape index (κ1) is 18.7. The standard InChI is InChI=1S/C15H16F3NO4/c1-8(2)10-7-9(5-6-11(10)15(16,17)18)19-12(20)14(3,23-4)13(21)22/h5-7H,1H2,2-4H3,(H,19,20)(H,21,22). The molecule has 1 atom stereocenters. The van der Waals surface area contributed by atoms with Gasteiger partial charge in [0, 0.05) is 12.8 Å². The first-order valence-electron chi connectivity index (χ1n) is 6.40. The Balaban J connectivity index is 3.22. The fourth-order valence-corrected chi connectivity index (χ4v) is 1.75. The first-order valence-corrected chi connectivity index (χ1v) is 6.40. The summed E-state index contributed by atoms with van der Waals surface area (Å²) in [6, 6.07) is 2.91. The van der Waals surface area contributed by atoms with E-state index in [1.165, 1.54) is 6.92 Å². The topological polar surface area (TPSA) is 75.6 Å². The number of ether oxygens (including phenoxy) is 1. The molecule has 2 N–H and O–H groups in total. The van der Waals surface area contributed by atoms with Crippen molar-refractivity contribution < 1.29 is 32.6 Å². The molecule has 1 rings (SSSR count). The van der Waals surface area contributed by atoms with Crippen molar-refractivity contribution in [2.75, 3.05) is 12.4 Å². The molecule has 1 amide bonds. The molecule has 0 aliphatic rings. The van der Waals surface area contributed by atoms with Gasteiger partial charge in [-0.25, -0.2) is 4.79 Å². The van der Waals surface area contributed by atoms with Gasteiger partial charge in [-0.05, 0) is 37.6 Å². The largest absolute Gasteiger partial charge is 0.479 e. The lowest BCUT2D eigenvalue weighted by Gasteiger charge is -2.22. The van der Waals surface area contributed by atoms with Crippen LogP contribution in [-0.2, 0) is 20.5 Å². The van der Waals surface area contributed by atoms with Crippen LogP contribution in [0.4, 0.5) is 18.9 Å². The molecule has 0 heterocycles. The van der Waals surface area contributed by atoms with Gasteiger partial charge < -0.3 is 15.2 Å². The summed E-state index contributed by atoms with van der Waals surface area (Å²) >= 11 is 0. The molecule has 0 saturated heterocycles. The van der Waals surface area contributed by atoms with E-state index in [9.17, 15) is 22.8 Å². The molecule has 0 aromatic heterocycles. The molecule has 1 aromatic carbocycles. The predicted octanol–water partition coefficient (Wildman–Crippen LogP) is 3.17. The van der Waals surface area contributed by atoms with E-state index >= 15 is 0 Å². The normalized spacial score (nSPS) is 14.0. The molecule has 1 unspecified atom stereocenters. The van der Waals surface area contributed by atoms with Gasteiger partial charge in [-0.2, -0.15) is 13.2 Å². The second kappa shape index (κ2) is 6.41. The summed E-state index contributed by atoms with van der Waals surface area (Å²) in [5, 5.41) is 11.3. The van der Waals surface area contributed by atoms with Crippen LogP contribution < -0.4 is 5.32 Å². The number of aliphatic carboxylic acids is 1. The van der Waals surface area contributed by atoms with Crippen LogP contribution in [0.5, 0.6) is 0 Å². The Kier molecular flexibility index (Phi) is 5.21. The Morgan fingerprint density at radius 2 is 1.87 bits per heavy atom. The first-order chi connectivity index (χ1) is 10.4. The van der Waals surface area contributed by atoms with Gasteiger partial charge in [0.25, 0.3) is 5.91 Å². The van der Waals surface area contributed by atoms with Crippen molar-refractivity contribution >= 4 is 23.1 Å². The van der Waals surface area contributed by atoms with E-state index in [2.05, 4.69) is 16.6 Å². The zero-order chi connectivity index (χ0) is 18.0. The summed E-state index contributed by atoms with van der Waals surface area (Å²) in [6.45, 7) is 5.91. The maximum absolute atomic E-state index is 12.9. The fourth-order valence-electron chi connectivity index (χ4n) is 1.75. The van der Waals surface area contributed by atoms with Gasteiger partial charge in [-0.1, -0.05) is 12.2 Å². The Labute approximate surface area is 130 Å². The summed E-state index contributed by atoms with van der Waals surface area (Å²) in [7, 11) is 1.04. The molecule has 0 radical (unpaired) electrons. The zero-order valence-electron chi connectivity index (χ0n) is 12.7. The molecular weight excluding hydrogens is 315 g/mol. The number of carboxylic acid groups (broad SMARTS) is 1. The molecule has 0 saturated carbocycles. The molecule has 1 aromatic rings. The number of benzene rings is 1. The quantitative estimate of drug-likeness (QED) is 0.813. The van der Waals surface area contributed by atoms with Crippen molar-refractivity contribution in [3.05, 3.63) is 35.9 Å². The number of alkyl halides is 3. The molecule has 126 valence electrons. The summed E-state index contributed by atoms with van der Waals surface area (Å²) in [5.74, 6) is -2.54. The van der Waals surface area contributed by atoms with Crippen molar-refractivity contribution in [2.45, 2.75) is 25.6 Å². The monoisotopic (exact) mass is 331 g/mol. The van der Waals surface area contributed by atoms with Crippen molar-refractivity contribution in [1.82, 2.24) is 0 Å². The lowest BCUT2D eigenvalue weighted by molar-refractivity contribution is -0.165. The van der Waals surface area contributed by atoms with E-state index in [0.717, 1.165) is 32.2 Å². The SMILES string of the molecule is C=C(C)c1cc(NC(=O)C(C)(OC)C(=O)O)ccc1C(F)(F)F. The van der Waals surface area contributed by atoms with Crippen LogP contribution in [0.2, 0.25) is 0 Å². The second-order valence-electron chi connectivity index (χ2n) is 5.04. The summed E-state index contributed by atoms with van der Waals surface area (Å²) in [5.41, 5.74) is -3.08. The van der Waals surface area contributed by atoms with E-state index in [-0.39, 0.29) is 16.8 Å². The van der Waals surface area contributed by atoms with Crippen LogP contribution in [0, 0.1) is 0 Å². The molecular formula is C15H16F3NO4. The van der Waals surface area contributed by atoms with Gasteiger partial charge >= 0.3 is 12.1 Å². The van der Waals surface area contributed by atoms with Crippen LogP contribution in [-0.4, -0.2) is 29.7 Å². The molecule has 0 aliphatic carbocycles. The number of hydrogen-bond acceptors (Lipinski definition) is 3. The fraction of sp³-hybridized carbons (Fsp3) is 0.333. The molecule has 0 bridgehead atoms. The highest BCUT2D eigenvalue weighted by Crippen LogP contribution is 2.36. The minimum Gasteiger partial charge on any atom is -0.479 e. The number of carbonyl (C=O) groups is 2. The van der Waals surface area contributed by atoms with Crippen molar-refractivity contribution in [3.8, 4) is 0 Å². The predicted molar refractivity (Wildman–Crippen MR) is 77.8 cm³/mol. The van der Waals surface area contributed by atoms with Crippen LogP contribution in [0.25, 0.3) is 5.57 Å². The Bertz CT molecular complexity index is 655. The molecule has 23 heavy (non-hydrogen) atoms. The number of carboxylic acids is 1. The van der Waals surface area contributed by atoms with Crippen LogP contribution in [0.15, 0.2) is 24.8 Å². The van der Waals surface area contributed by atoms with Crippen molar-refractivity contribution in [1.29, 1.82) is 0 Å². The Morgan fingerprint density at radius 3 is 2.26 bits per heavy atom. The van der Waals surface area contributed by atoms with Crippen molar-refractivity contribution in [3.63, 3.8) is 0 Å². The number of halogens is 3. The lowest BCUT2D eigenvalue weighted by Crippen LogP contribution is -2.48. The van der Waals surface area contributed by atoms with Crippen LogP contribution in [0.1, 0.15) is 25.0 Å². The zero-order valence-corrected chi connectivity index (χ0v) is 12.7. The Morgan fingerprint density at radius 1 is 1.30 bits per heavy atom. The highest BCUT2D eigenvalue weighted by molar-refractivity contribution is 6.11. The second-order valence-corrected chi connectivity index (χ2v) is 5.04. The van der Waals surface area contributed by atoms with E-state index < -0.39 is 29.2 Å². The van der Waals surface area contributed by atoms with E-state index in [1.807, 2.05) is 0 Å². The summed E-state index contributed by atoms with van der Waals surface area (Å²) in [6.07, 6.45) is -4.57. The summed E-state index contributed by atoms with van der Waals surface area (Å²) in [4.78, 5) is 23.1. The molecule has 8 heteroatoms. The number of carbonyl (C=O) groups excluding carboxylic acids is 1. The number of methoxy groups -OCH3 is 1. The number of hydrogen-bond donors (Lipinski definition) is 2. The highest BCUT2D eigenvalue weighted by atomic mass is 19.4. The molecule has 0 fully saturated rings. The Hall–Kier alpha value is -2.35.